The summed E-state index contributed by atoms with van der Waals surface area (Å²) in [5.41, 5.74) is 1.48. The zero-order valence-corrected chi connectivity index (χ0v) is 16.1. The molecule has 4 rings (SSSR count). The Morgan fingerprint density at radius 3 is 2.65 bits per heavy atom. The zero-order chi connectivity index (χ0) is 18.0. The highest BCUT2D eigenvalue weighted by atomic mass is 32.2. The highest BCUT2D eigenvalue weighted by Gasteiger charge is 2.38. The molecule has 0 bridgehead atoms. The van der Waals surface area contributed by atoms with Crippen LogP contribution in [0.4, 0.5) is 0 Å². The van der Waals surface area contributed by atoms with Crippen molar-refractivity contribution in [2.45, 2.75) is 62.1 Å². The van der Waals surface area contributed by atoms with E-state index in [9.17, 15) is 4.79 Å². The number of carbonyl (C=O) groups is 1. The summed E-state index contributed by atoms with van der Waals surface area (Å²) >= 11 is 1.50. The number of nitrogens with one attached hydrogen (secondary N) is 1. The average molecular weight is 371 g/mol. The van der Waals surface area contributed by atoms with Gasteiger partial charge in [-0.05, 0) is 38.2 Å². The molecule has 0 spiro atoms. The Hall–Kier alpha value is -1.82. The summed E-state index contributed by atoms with van der Waals surface area (Å²) in [6.45, 7) is 3.70. The van der Waals surface area contributed by atoms with Gasteiger partial charge in [0.15, 0.2) is 5.16 Å². The molecule has 2 saturated carbocycles. The lowest BCUT2D eigenvalue weighted by Gasteiger charge is -2.42. The van der Waals surface area contributed by atoms with E-state index in [1.165, 1.54) is 36.6 Å². The van der Waals surface area contributed by atoms with Crippen molar-refractivity contribution >= 4 is 17.7 Å². The number of nitrogens with zero attached hydrogens (tertiary/aromatic N) is 3. The van der Waals surface area contributed by atoms with Gasteiger partial charge in [-0.15, -0.1) is 10.2 Å². The van der Waals surface area contributed by atoms with Crippen LogP contribution in [0.15, 0.2) is 35.5 Å². The van der Waals surface area contributed by atoms with E-state index in [0.29, 0.717) is 11.7 Å². The fraction of sp³-hybridized carbons (Fsp3) is 0.550. The summed E-state index contributed by atoms with van der Waals surface area (Å²) in [6.07, 6.45) is 5.97. The van der Waals surface area contributed by atoms with Crippen LogP contribution in [0.2, 0.25) is 0 Å². The van der Waals surface area contributed by atoms with Crippen LogP contribution >= 0.6 is 11.8 Å². The van der Waals surface area contributed by atoms with Crippen molar-refractivity contribution in [3.63, 3.8) is 0 Å². The minimum atomic E-state index is 0.0795. The molecule has 0 saturated heterocycles. The number of thioether (sulfide) groups is 1. The lowest BCUT2D eigenvalue weighted by molar-refractivity contribution is -0.119. The van der Waals surface area contributed by atoms with Gasteiger partial charge in [0.05, 0.1) is 5.75 Å². The molecule has 1 amide bonds. The lowest BCUT2D eigenvalue weighted by atomic mass is 9.64. The van der Waals surface area contributed by atoms with Gasteiger partial charge < -0.3 is 9.88 Å². The van der Waals surface area contributed by atoms with Crippen LogP contribution in [0.25, 0.3) is 0 Å². The molecule has 6 heteroatoms. The highest BCUT2D eigenvalue weighted by Crippen LogP contribution is 2.43. The van der Waals surface area contributed by atoms with E-state index in [2.05, 4.69) is 51.3 Å². The summed E-state index contributed by atoms with van der Waals surface area (Å²) in [5, 5.41) is 12.7. The van der Waals surface area contributed by atoms with Crippen LogP contribution < -0.4 is 5.32 Å². The Morgan fingerprint density at radius 2 is 2.04 bits per heavy atom. The molecule has 2 aliphatic rings. The molecule has 2 aromatic rings. The molecule has 26 heavy (non-hydrogen) atoms. The van der Waals surface area contributed by atoms with E-state index in [4.69, 9.17) is 0 Å². The number of carbonyl (C=O) groups excluding carboxylic acids is 1. The first-order valence-electron chi connectivity index (χ1n) is 9.60. The smallest absolute Gasteiger partial charge is 0.230 e. The molecular formula is C20H26N4OS. The SMILES string of the molecule is CCn1c(SCC(=O)NCC2(c3ccccc3)CCC2)nnc1C1CC1. The molecule has 1 heterocycles. The molecule has 0 atom stereocenters. The first-order valence-corrected chi connectivity index (χ1v) is 10.6. The van der Waals surface area contributed by atoms with Crippen molar-refractivity contribution in [2.24, 2.45) is 0 Å². The molecule has 1 aromatic heterocycles. The van der Waals surface area contributed by atoms with Gasteiger partial charge in [0.1, 0.15) is 5.82 Å². The molecule has 5 nitrogen and oxygen atoms in total. The van der Waals surface area contributed by atoms with Crippen molar-refractivity contribution in [1.29, 1.82) is 0 Å². The fourth-order valence-electron chi connectivity index (χ4n) is 3.76. The van der Waals surface area contributed by atoms with E-state index in [-0.39, 0.29) is 11.3 Å². The van der Waals surface area contributed by atoms with E-state index in [1.54, 1.807) is 0 Å². The third-order valence-corrected chi connectivity index (χ3v) is 6.62. The van der Waals surface area contributed by atoms with E-state index < -0.39 is 0 Å². The maximum absolute atomic E-state index is 12.4. The van der Waals surface area contributed by atoms with Gasteiger partial charge >= 0.3 is 0 Å². The van der Waals surface area contributed by atoms with Crippen molar-refractivity contribution in [1.82, 2.24) is 20.1 Å². The molecule has 0 radical (unpaired) electrons. The van der Waals surface area contributed by atoms with Crippen LogP contribution in [-0.4, -0.2) is 33.0 Å². The normalized spacial score (nSPS) is 18.3. The maximum Gasteiger partial charge on any atom is 0.230 e. The van der Waals surface area contributed by atoms with Gasteiger partial charge in [-0.1, -0.05) is 48.5 Å². The number of benzene rings is 1. The quantitative estimate of drug-likeness (QED) is 0.723. The minimum Gasteiger partial charge on any atom is -0.354 e. The van der Waals surface area contributed by atoms with Crippen molar-refractivity contribution in [3.8, 4) is 0 Å². The van der Waals surface area contributed by atoms with Gasteiger partial charge in [-0.3, -0.25) is 4.79 Å². The first kappa shape index (κ1) is 17.6. The fourth-order valence-corrected chi connectivity index (χ4v) is 4.60. The zero-order valence-electron chi connectivity index (χ0n) is 15.3. The summed E-state index contributed by atoms with van der Waals surface area (Å²) < 4.78 is 2.16. The van der Waals surface area contributed by atoms with Gasteiger partial charge in [-0.25, -0.2) is 0 Å². The van der Waals surface area contributed by atoms with E-state index in [1.807, 2.05) is 6.07 Å². The van der Waals surface area contributed by atoms with E-state index in [0.717, 1.165) is 36.9 Å². The van der Waals surface area contributed by atoms with Crippen LogP contribution in [-0.2, 0) is 16.8 Å². The molecular weight excluding hydrogens is 344 g/mol. The summed E-state index contributed by atoms with van der Waals surface area (Å²) in [6, 6.07) is 10.6. The predicted molar refractivity (Wildman–Crippen MR) is 103 cm³/mol. The standard InChI is InChI=1S/C20H26N4OS/c1-2-24-18(15-9-10-15)22-23-19(24)26-13-17(25)21-14-20(11-6-12-20)16-7-4-3-5-8-16/h3-5,7-8,15H,2,6,9-14H2,1H3,(H,21,25). The van der Waals surface area contributed by atoms with Gasteiger partial charge in [0.2, 0.25) is 5.91 Å². The Kier molecular flexibility index (Phi) is 5.02. The number of hydrogen-bond acceptors (Lipinski definition) is 4. The van der Waals surface area contributed by atoms with Crippen molar-refractivity contribution in [3.05, 3.63) is 41.7 Å². The molecule has 2 aliphatic carbocycles. The Labute approximate surface area is 159 Å². The maximum atomic E-state index is 12.4. The number of hydrogen-bond donors (Lipinski definition) is 1. The van der Waals surface area contributed by atoms with Crippen molar-refractivity contribution in [2.75, 3.05) is 12.3 Å². The predicted octanol–water partition coefficient (Wildman–Crippen LogP) is 3.51. The first-order chi connectivity index (χ1) is 12.7. The van der Waals surface area contributed by atoms with Gasteiger partial charge in [0, 0.05) is 24.4 Å². The Bertz CT molecular complexity index is 765. The molecule has 0 aliphatic heterocycles. The van der Waals surface area contributed by atoms with Crippen LogP contribution in [0, 0.1) is 0 Å². The van der Waals surface area contributed by atoms with E-state index >= 15 is 0 Å². The third kappa shape index (κ3) is 3.52. The summed E-state index contributed by atoms with van der Waals surface area (Å²) in [5.74, 6) is 2.15. The summed E-state index contributed by atoms with van der Waals surface area (Å²) in [4.78, 5) is 12.4. The third-order valence-electron chi connectivity index (χ3n) is 5.66. The van der Waals surface area contributed by atoms with Gasteiger partial charge in [0.25, 0.3) is 0 Å². The number of amides is 1. The van der Waals surface area contributed by atoms with Crippen LogP contribution in [0.1, 0.15) is 56.3 Å². The average Bonchev–Trinajstić information content (AvgIpc) is 3.39. The molecule has 0 unspecified atom stereocenters. The molecule has 2 fully saturated rings. The second-order valence-electron chi connectivity index (χ2n) is 7.42. The van der Waals surface area contributed by atoms with Crippen molar-refractivity contribution < 1.29 is 4.79 Å². The largest absolute Gasteiger partial charge is 0.354 e. The van der Waals surface area contributed by atoms with Gasteiger partial charge in [-0.2, -0.15) is 0 Å². The topological polar surface area (TPSA) is 59.8 Å². The number of rotatable bonds is 8. The van der Waals surface area contributed by atoms with Crippen LogP contribution in [0.5, 0.6) is 0 Å². The summed E-state index contributed by atoms with van der Waals surface area (Å²) in [7, 11) is 0. The molecule has 138 valence electrons. The lowest BCUT2D eigenvalue weighted by Crippen LogP contribution is -2.46. The highest BCUT2D eigenvalue weighted by molar-refractivity contribution is 7.99. The minimum absolute atomic E-state index is 0.0795. The van der Waals surface area contributed by atoms with Crippen LogP contribution in [0.3, 0.4) is 0 Å². The monoisotopic (exact) mass is 370 g/mol. The number of aromatic nitrogens is 3. The second-order valence-corrected chi connectivity index (χ2v) is 8.37. The molecule has 1 N–H and O–H groups in total. The Balaban J connectivity index is 1.32. The second kappa shape index (κ2) is 7.43. The Morgan fingerprint density at radius 1 is 1.27 bits per heavy atom. The molecule has 1 aromatic carbocycles.